The number of hydrogen-bond acceptors (Lipinski definition) is 4. The highest BCUT2D eigenvalue weighted by Gasteiger charge is 2.42. The van der Waals surface area contributed by atoms with Crippen molar-refractivity contribution < 1.29 is 28.1 Å². The number of alkyl halides is 3. The van der Waals surface area contributed by atoms with Crippen LogP contribution in [0.15, 0.2) is 48.5 Å². The number of nitrogens with one attached hydrogen (secondary N) is 1. The third-order valence-corrected chi connectivity index (χ3v) is 5.03. The first kappa shape index (κ1) is 19.7. The standard InChI is InChI=1S/C20H22F3NO3/c1-27-15-7-5-13(6-8-15)16-10-17(25)19(26)18(16)24-11-12-3-2-4-14(9-12)20(21,22)23/h2-9,16-19,24-26H,10-11H2,1H3. The number of halogens is 3. The number of benzene rings is 2. The van der Waals surface area contributed by atoms with Gasteiger partial charge < -0.3 is 20.3 Å². The van der Waals surface area contributed by atoms with E-state index in [0.29, 0.717) is 17.7 Å². The van der Waals surface area contributed by atoms with Crippen LogP contribution in [-0.4, -0.2) is 35.6 Å². The van der Waals surface area contributed by atoms with Gasteiger partial charge in [-0.3, -0.25) is 0 Å². The maximum Gasteiger partial charge on any atom is 0.416 e. The summed E-state index contributed by atoms with van der Waals surface area (Å²) in [6.07, 6.45) is -5.92. The van der Waals surface area contributed by atoms with Crippen molar-refractivity contribution in [2.45, 2.75) is 43.3 Å². The van der Waals surface area contributed by atoms with E-state index in [-0.39, 0.29) is 12.5 Å². The maximum atomic E-state index is 12.9. The third-order valence-electron chi connectivity index (χ3n) is 5.03. The van der Waals surface area contributed by atoms with E-state index in [4.69, 9.17) is 4.74 Å². The molecular weight excluding hydrogens is 359 g/mol. The minimum Gasteiger partial charge on any atom is -0.497 e. The predicted octanol–water partition coefficient (Wildman–Crippen LogP) is 3.08. The first-order chi connectivity index (χ1) is 12.8. The van der Waals surface area contributed by atoms with Crippen LogP contribution in [0.2, 0.25) is 0 Å². The zero-order valence-electron chi connectivity index (χ0n) is 14.8. The van der Waals surface area contributed by atoms with Crippen molar-refractivity contribution in [3.63, 3.8) is 0 Å². The van der Waals surface area contributed by atoms with Gasteiger partial charge in [0.1, 0.15) is 5.75 Å². The molecule has 1 saturated carbocycles. The van der Waals surface area contributed by atoms with Crippen molar-refractivity contribution in [1.29, 1.82) is 0 Å². The van der Waals surface area contributed by atoms with Gasteiger partial charge in [-0.1, -0.05) is 30.3 Å². The second kappa shape index (κ2) is 7.88. The summed E-state index contributed by atoms with van der Waals surface area (Å²) in [5, 5.41) is 23.5. The summed E-state index contributed by atoms with van der Waals surface area (Å²) in [6, 6.07) is 11.9. The van der Waals surface area contributed by atoms with Crippen LogP contribution in [0.5, 0.6) is 5.75 Å². The van der Waals surface area contributed by atoms with Crippen molar-refractivity contribution in [3.05, 3.63) is 65.2 Å². The van der Waals surface area contributed by atoms with Gasteiger partial charge in [-0.25, -0.2) is 0 Å². The molecule has 0 spiro atoms. The molecule has 3 N–H and O–H groups in total. The molecule has 2 aromatic carbocycles. The Morgan fingerprint density at radius 2 is 1.81 bits per heavy atom. The van der Waals surface area contributed by atoms with Gasteiger partial charge in [-0.05, 0) is 35.7 Å². The van der Waals surface area contributed by atoms with Crippen molar-refractivity contribution in [3.8, 4) is 5.75 Å². The van der Waals surface area contributed by atoms with Crippen LogP contribution in [0.25, 0.3) is 0 Å². The Balaban J connectivity index is 1.75. The van der Waals surface area contributed by atoms with Crippen LogP contribution in [-0.2, 0) is 12.7 Å². The monoisotopic (exact) mass is 381 g/mol. The molecule has 4 unspecified atom stereocenters. The SMILES string of the molecule is COc1ccc(C2CC(O)C(O)C2NCc2cccc(C(F)(F)F)c2)cc1. The van der Waals surface area contributed by atoms with E-state index in [1.807, 2.05) is 12.1 Å². The van der Waals surface area contributed by atoms with Gasteiger partial charge in [-0.15, -0.1) is 0 Å². The van der Waals surface area contributed by atoms with E-state index in [1.54, 1.807) is 25.3 Å². The highest BCUT2D eigenvalue weighted by molar-refractivity contribution is 5.32. The fraction of sp³-hybridized carbons (Fsp3) is 0.400. The zero-order chi connectivity index (χ0) is 19.6. The van der Waals surface area contributed by atoms with Gasteiger partial charge in [0, 0.05) is 18.5 Å². The van der Waals surface area contributed by atoms with Crippen LogP contribution in [0, 0.1) is 0 Å². The largest absolute Gasteiger partial charge is 0.497 e. The quantitative estimate of drug-likeness (QED) is 0.745. The lowest BCUT2D eigenvalue weighted by atomic mass is 9.93. The lowest BCUT2D eigenvalue weighted by Gasteiger charge is -2.24. The molecule has 1 fully saturated rings. The van der Waals surface area contributed by atoms with E-state index < -0.39 is 30.0 Å². The lowest BCUT2D eigenvalue weighted by Crippen LogP contribution is -2.41. The van der Waals surface area contributed by atoms with Crippen LogP contribution in [0.1, 0.15) is 29.0 Å². The van der Waals surface area contributed by atoms with Crippen molar-refractivity contribution >= 4 is 0 Å². The minimum absolute atomic E-state index is 0.158. The van der Waals surface area contributed by atoms with Crippen LogP contribution >= 0.6 is 0 Å². The Bertz CT molecular complexity index is 764. The average molecular weight is 381 g/mol. The van der Waals surface area contributed by atoms with Gasteiger partial charge in [0.25, 0.3) is 0 Å². The summed E-state index contributed by atoms with van der Waals surface area (Å²) < 4.78 is 43.7. The second-order valence-corrected chi connectivity index (χ2v) is 6.78. The average Bonchev–Trinajstić information content (AvgIpc) is 2.94. The molecule has 0 radical (unpaired) electrons. The first-order valence-corrected chi connectivity index (χ1v) is 8.69. The van der Waals surface area contributed by atoms with Crippen LogP contribution in [0.3, 0.4) is 0 Å². The van der Waals surface area contributed by atoms with E-state index >= 15 is 0 Å². The summed E-state index contributed by atoms with van der Waals surface area (Å²) in [7, 11) is 1.57. The topological polar surface area (TPSA) is 61.7 Å². The normalized spacial score (nSPS) is 25.6. The summed E-state index contributed by atoms with van der Waals surface area (Å²) in [5.41, 5.74) is 0.681. The smallest absolute Gasteiger partial charge is 0.416 e. The van der Waals surface area contributed by atoms with Gasteiger partial charge >= 0.3 is 6.18 Å². The Labute approximate surface area is 155 Å². The molecule has 0 aliphatic heterocycles. The van der Waals surface area contributed by atoms with Crippen LogP contribution < -0.4 is 10.1 Å². The van der Waals surface area contributed by atoms with Crippen LogP contribution in [0.4, 0.5) is 13.2 Å². The Kier molecular flexibility index (Phi) is 5.74. The van der Waals surface area contributed by atoms with Crippen molar-refractivity contribution in [2.24, 2.45) is 0 Å². The van der Waals surface area contributed by atoms with Crippen molar-refractivity contribution in [1.82, 2.24) is 5.32 Å². The Hall–Kier alpha value is -2.09. The molecule has 146 valence electrons. The lowest BCUT2D eigenvalue weighted by molar-refractivity contribution is -0.137. The van der Waals surface area contributed by atoms with Gasteiger partial charge in [0.2, 0.25) is 0 Å². The van der Waals surface area contributed by atoms with Gasteiger partial charge in [0.05, 0.1) is 24.9 Å². The summed E-state index contributed by atoms with van der Waals surface area (Å²) in [5.74, 6) is 0.540. The number of aliphatic hydroxyl groups excluding tert-OH is 2. The zero-order valence-corrected chi connectivity index (χ0v) is 14.8. The van der Waals surface area contributed by atoms with E-state index in [2.05, 4.69) is 5.32 Å². The van der Waals surface area contributed by atoms with E-state index in [9.17, 15) is 23.4 Å². The fourth-order valence-electron chi connectivity index (χ4n) is 3.57. The third kappa shape index (κ3) is 4.43. The summed E-state index contributed by atoms with van der Waals surface area (Å²) in [4.78, 5) is 0. The molecule has 4 atom stereocenters. The molecule has 3 rings (SSSR count). The fourth-order valence-corrected chi connectivity index (χ4v) is 3.57. The molecule has 1 aliphatic rings. The summed E-state index contributed by atoms with van der Waals surface area (Å²) >= 11 is 0. The molecule has 0 heterocycles. The molecule has 0 bridgehead atoms. The Morgan fingerprint density at radius 1 is 1.11 bits per heavy atom. The number of hydrogen-bond donors (Lipinski definition) is 3. The molecule has 7 heteroatoms. The van der Waals surface area contributed by atoms with Crippen molar-refractivity contribution in [2.75, 3.05) is 7.11 Å². The second-order valence-electron chi connectivity index (χ2n) is 6.78. The minimum atomic E-state index is -4.40. The maximum absolute atomic E-state index is 12.9. The number of methoxy groups -OCH3 is 1. The molecule has 0 aromatic heterocycles. The highest BCUT2D eigenvalue weighted by atomic mass is 19.4. The molecular formula is C20H22F3NO3. The number of aliphatic hydroxyl groups is 2. The number of rotatable bonds is 5. The predicted molar refractivity (Wildman–Crippen MR) is 94.4 cm³/mol. The highest BCUT2D eigenvalue weighted by Crippen LogP contribution is 2.36. The number of ether oxygens (including phenoxy) is 1. The molecule has 2 aromatic rings. The van der Waals surface area contributed by atoms with E-state index in [0.717, 1.165) is 17.7 Å². The van der Waals surface area contributed by atoms with Gasteiger partial charge in [0.15, 0.2) is 0 Å². The summed E-state index contributed by atoms with van der Waals surface area (Å²) in [6.45, 7) is 0.158. The molecule has 0 amide bonds. The Morgan fingerprint density at radius 3 is 2.44 bits per heavy atom. The first-order valence-electron chi connectivity index (χ1n) is 8.69. The van der Waals surface area contributed by atoms with Gasteiger partial charge in [-0.2, -0.15) is 13.2 Å². The molecule has 0 saturated heterocycles. The molecule has 1 aliphatic carbocycles. The molecule has 4 nitrogen and oxygen atoms in total. The molecule has 27 heavy (non-hydrogen) atoms. The van der Waals surface area contributed by atoms with E-state index in [1.165, 1.54) is 6.07 Å².